The third-order valence-corrected chi connectivity index (χ3v) is 4.15. The minimum atomic E-state index is -0.420. The Morgan fingerprint density at radius 3 is 2.56 bits per heavy atom. The van der Waals surface area contributed by atoms with Gasteiger partial charge in [-0.3, -0.25) is 10.1 Å². The zero-order chi connectivity index (χ0) is 17.4. The molecule has 4 rings (SSSR count). The quantitative estimate of drug-likeness (QED) is 0.399. The van der Waals surface area contributed by atoms with Gasteiger partial charge in [0.2, 0.25) is 0 Å². The van der Waals surface area contributed by atoms with Gasteiger partial charge < -0.3 is 0 Å². The number of rotatable bonds is 3. The molecular formula is C18H11ClN4O2. The van der Waals surface area contributed by atoms with Gasteiger partial charge >= 0.3 is 0 Å². The number of non-ortho nitro benzene ring substituents is 1. The molecule has 0 amide bonds. The SMILES string of the molecule is O=[N+]([O-])c1ccc(-c2ccnc3c(-c4cccc(Cl)c4)cnn23)cc1. The van der Waals surface area contributed by atoms with Gasteiger partial charge in [0.25, 0.3) is 5.69 Å². The predicted octanol–water partition coefficient (Wildman–Crippen LogP) is 4.62. The van der Waals surface area contributed by atoms with Crippen LogP contribution in [0.25, 0.3) is 28.0 Å². The summed E-state index contributed by atoms with van der Waals surface area (Å²) in [7, 11) is 0. The summed E-state index contributed by atoms with van der Waals surface area (Å²) in [6.45, 7) is 0. The molecule has 0 N–H and O–H groups in total. The second kappa shape index (κ2) is 5.99. The molecule has 0 aliphatic heterocycles. The van der Waals surface area contributed by atoms with Gasteiger partial charge in [0.05, 0.1) is 16.8 Å². The van der Waals surface area contributed by atoms with Crippen molar-refractivity contribution in [1.29, 1.82) is 0 Å². The first-order chi connectivity index (χ1) is 12.1. The maximum Gasteiger partial charge on any atom is 0.269 e. The molecule has 0 saturated heterocycles. The molecule has 0 atom stereocenters. The molecule has 2 heterocycles. The van der Waals surface area contributed by atoms with E-state index < -0.39 is 4.92 Å². The molecule has 122 valence electrons. The predicted molar refractivity (Wildman–Crippen MR) is 95.5 cm³/mol. The van der Waals surface area contributed by atoms with E-state index in [2.05, 4.69) is 10.1 Å². The lowest BCUT2D eigenvalue weighted by molar-refractivity contribution is -0.384. The molecule has 0 aliphatic carbocycles. The first-order valence-electron chi connectivity index (χ1n) is 7.47. The van der Waals surface area contributed by atoms with Crippen LogP contribution in [0.5, 0.6) is 0 Å². The zero-order valence-corrected chi connectivity index (χ0v) is 13.6. The Labute approximate surface area is 147 Å². The number of benzene rings is 2. The summed E-state index contributed by atoms with van der Waals surface area (Å²) in [5.41, 5.74) is 4.15. The van der Waals surface area contributed by atoms with Crippen LogP contribution in [0.4, 0.5) is 5.69 Å². The highest BCUT2D eigenvalue weighted by Gasteiger charge is 2.13. The van der Waals surface area contributed by atoms with Crippen molar-refractivity contribution in [2.75, 3.05) is 0 Å². The Hall–Kier alpha value is -3.25. The summed E-state index contributed by atoms with van der Waals surface area (Å²) in [6.07, 6.45) is 3.44. The lowest BCUT2D eigenvalue weighted by Gasteiger charge is -2.05. The van der Waals surface area contributed by atoms with E-state index in [1.54, 1.807) is 29.0 Å². The number of hydrogen-bond acceptors (Lipinski definition) is 4. The van der Waals surface area contributed by atoms with Gasteiger partial charge in [-0.1, -0.05) is 23.7 Å². The van der Waals surface area contributed by atoms with Crippen LogP contribution in [-0.4, -0.2) is 19.5 Å². The largest absolute Gasteiger partial charge is 0.269 e. The van der Waals surface area contributed by atoms with Crippen molar-refractivity contribution in [2.24, 2.45) is 0 Å². The van der Waals surface area contributed by atoms with E-state index >= 15 is 0 Å². The lowest BCUT2D eigenvalue weighted by atomic mass is 10.1. The number of nitro benzene ring substituents is 1. The Bertz CT molecular complexity index is 1090. The highest BCUT2D eigenvalue weighted by molar-refractivity contribution is 6.30. The lowest BCUT2D eigenvalue weighted by Crippen LogP contribution is -1.96. The van der Waals surface area contributed by atoms with Crippen molar-refractivity contribution >= 4 is 22.9 Å². The van der Waals surface area contributed by atoms with Gasteiger partial charge in [-0.15, -0.1) is 0 Å². The fourth-order valence-electron chi connectivity index (χ4n) is 2.72. The topological polar surface area (TPSA) is 73.3 Å². The highest BCUT2D eigenvalue weighted by atomic mass is 35.5. The van der Waals surface area contributed by atoms with Crippen LogP contribution in [0.2, 0.25) is 5.02 Å². The fourth-order valence-corrected chi connectivity index (χ4v) is 2.91. The van der Waals surface area contributed by atoms with Crippen LogP contribution >= 0.6 is 11.6 Å². The molecule has 0 aliphatic rings. The van der Waals surface area contributed by atoms with Gasteiger partial charge in [-0.25, -0.2) is 9.50 Å². The number of fused-ring (bicyclic) bond motifs is 1. The Morgan fingerprint density at radius 1 is 1.04 bits per heavy atom. The van der Waals surface area contributed by atoms with Crippen molar-refractivity contribution in [3.63, 3.8) is 0 Å². The molecule has 0 saturated carbocycles. The van der Waals surface area contributed by atoms with Crippen LogP contribution in [0, 0.1) is 10.1 Å². The molecule has 0 fully saturated rings. The molecule has 6 nitrogen and oxygen atoms in total. The number of nitro groups is 1. The van der Waals surface area contributed by atoms with E-state index in [4.69, 9.17) is 11.6 Å². The van der Waals surface area contributed by atoms with Gasteiger partial charge in [0, 0.05) is 34.5 Å². The van der Waals surface area contributed by atoms with Crippen molar-refractivity contribution in [3.8, 4) is 22.4 Å². The molecule has 2 aromatic heterocycles. The second-order valence-electron chi connectivity index (χ2n) is 5.44. The van der Waals surface area contributed by atoms with Crippen LogP contribution in [0.1, 0.15) is 0 Å². The molecule has 0 radical (unpaired) electrons. The van der Waals surface area contributed by atoms with Crippen LogP contribution in [0.15, 0.2) is 67.0 Å². The number of aromatic nitrogens is 3. The van der Waals surface area contributed by atoms with E-state index in [9.17, 15) is 10.1 Å². The van der Waals surface area contributed by atoms with Crippen molar-refractivity contribution in [3.05, 3.63) is 82.1 Å². The highest BCUT2D eigenvalue weighted by Crippen LogP contribution is 2.29. The summed E-state index contributed by atoms with van der Waals surface area (Å²) in [6, 6.07) is 15.7. The Kier molecular flexibility index (Phi) is 3.66. The first kappa shape index (κ1) is 15.3. The maximum absolute atomic E-state index is 10.8. The first-order valence-corrected chi connectivity index (χ1v) is 7.85. The maximum atomic E-state index is 10.8. The molecule has 25 heavy (non-hydrogen) atoms. The summed E-state index contributed by atoms with van der Waals surface area (Å²) >= 11 is 6.08. The van der Waals surface area contributed by atoms with Crippen LogP contribution in [-0.2, 0) is 0 Å². The molecular weight excluding hydrogens is 340 g/mol. The van der Waals surface area contributed by atoms with Gasteiger partial charge in [0.1, 0.15) is 0 Å². The van der Waals surface area contributed by atoms with Crippen LogP contribution in [0.3, 0.4) is 0 Å². The van der Waals surface area contributed by atoms with Crippen molar-refractivity contribution in [2.45, 2.75) is 0 Å². The average Bonchev–Trinajstić information content (AvgIpc) is 3.06. The standard InChI is InChI=1S/C18H11ClN4O2/c19-14-3-1-2-13(10-14)16-11-21-22-17(8-9-20-18(16)22)12-4-6-15(7-5-12)23(24)25/h1-11H. The van der Waals surface area contributed by atoms with E-state index in [0.29, 0.717) is 10.7 Å². The molecule has 7 heteroatoms. The fraction of sp³-hybridized carbons (Fsp3) is 0. The van der Waals surface area contributed by atoms with E-state index in [-0.39, 0.29) is 5.69 Å². The number of hydrogen-bond donors (Lipinski definition) is 0. The molecule has 2 aromatic carbocycles. The van der Waals surface area contributed by atoms with Crippen molar-refractivity contribution < 1.29 is 4.92 Å². The van der Waals surface area contributed by atoms with E-state index in [1.165, 1.54) is 12.1 Å². The molecule has 0 spiro atoms. The van der Waals surface area contributed by atoms with Crippen molar-refractivity contribution in [1.82, 2.24) is 14.6 Å². The number of halogens is 1. The summed E-state index contributed by atoms with van der Waals surface area (Å²) in [5, 5.41) is 15.9. The summed E-state index contributed by atoms with van der Waals surface area (Å²) in [4.78, 5) is 14.8. The minimum absolute atomic E-state index is 0.0501. The third kappa shape index (κ3) is 2.72. The minimum Gasteiger partial charge on any atom is -0.258 e. The van der Waals surface area contributed by atoms with Gasteiger partial charge in [0.15, 0.2) is 5.65 Å². The normalized spacial score (nSPS) is 10.9. The van der Waals surface area contributed by atoms with E-state index in [0.717, 1.165) is 22.4 Å². The zero-order valence-electron chi connectivity index (χ0n) is 12.8. The Balaban J connectivity index is 1.85. The van der Waals surface area contributed by atoms with E-state index in [1.807, 2.05) is 30.3 Å². The molecule has 0 bridgehead atoms. The monoisotopic (exact) mass is 350 g/mol. The third-order valence-electron chi connectivity index (χ3n) is 3.91. The van der Waals surface area contributed by atoms with Crippen LogP contribution < -0.4 is 0 Å². The van der Waals surface area contributed by atoms with Gasteiger partial charge in [-0.2, -0.15) is 5.10 Å². The summed E-state index contributed by atoms with van der Waals surface area (Å²) < 4.78 is 1.72. The van der Waals surface area contributed by atoms with Gasteiger partial charge in [-0.05, 0) is 35.9 Å². The summed E-state index contributed by atoms with van der Waals surface area (Å²) in [5.74, 6) is 0. The average molecular weight is 351 g/mol. The Morgan fingerprint density at radius 2 is 1.84 bits per heavy atom. The second-order valence-corrected chi connectivity index (χ2v) is 5.87. The number of nitrogens with zero attached hydrogens (tertiary/aromatic N) is 4. The molecule has 4 aromatic rings. The molecule has 0 unspecified atom stereocenters. The smallest absolute Gasteiger partial charge is 0.258 e.